The first-order valence-corrected chi connectivity index (χ1v) is 14.0. The SMILES string of the molecule is Cc1ccc2c(c1)CC1=C2CCN(C(=O)C2CCC(CN(C)C(=O)OC(C)(C)C)CC2)C1CC(C)C. The average Bonchev–Trinajstić information content (AvgIpc) is 3.16. The minimum atomic E-state index is -0.481. The Morgan fingerprint density at radius 2 is 1.83 bits per heavy atom. The van der Waals surface area contributed by atoms with Gasteiger partial charge in [-0.1, -0.05) is 37.6 Å². The van der Waals surface area contributed by atoms with E-state index in [0.717, 1.165) is 51.5 Å². The maximum atomic E-state index is 13.9. The van der Waals surface area contributed by atoms with Crippen LogP contribution in [0.1, 0.15) is 89.8 Å². The van der Waals surface area contributed by atoms with Crippen LogP contribution in [0.5, 0.6) is 0 Å². The van der Waals surface area contributed by atoms with Crippen LogP contribution in [0.3, 0.4) is 0 Å². The fourth-order valence-corrected chi connectivity index (χ4v) is 6.45. The molecular weight excluding hydrogens is 448 g/mol. The van der Waals surface area contributed by atoms with E-state index in [4.69, 9.17) is 4.74 Å². The van der Waals surface area contributed by atoms with E-state index in [9.17, 15) is 9.59 Å². The Hall–Kier alpha value is -2.30. The number of benzene rings is 1. The Morgan fingerprint density at radius 3 is 2.47 bits per heavy atom. The van der Waals surface area contributed by atoms with Crippen molar-refractivity contribution in [2.75, 3.05) is 20.1 Å². The fraction of sp³-hybridized carbons (Fsp3) is 0.677. The number of carbonyl (C=O) groups excluding carboxylic acids is 2. The fourth-order valence-electron chi connectivity index (χ4n) is 6.45. The monoisotopic (exact) mass is 494 g/mol. The lowest BCUT2D eigenvalue weighted by Gasteiger charge is -2.41. The van der Waals surface area contributed by atoms with Crippen molar-refractivity contribution < 1.29 is 14.3 Å². The van der Waals surface area contributed by atoms with Gasteiger partial charge in [-0.25, -0.2) is 4.79 Å². The summed E-state index contributed by atoms with van der Waals surface area (Å²) < 4.78 is 5.51. The number of nitrogens with zero attached hydrogens (tertiary/aromatic N) is 2. The lowest BCUT2D eigenvalue weighted by atomic mass is 9.80. The Labute approximate surface area is 218 Å². The van der Waals surface area contributed by atoms with Crippen molar-refractivity contribution in [2.45, 2.75) is 98.1 Å². The minimum absolute atomic E-state index is 0.107. The summed E-state index contributed by atoms with van der Waals surface area (Å²) in [5.41, 5.74) is 6.70. The number of carbonyl (C=O) groups is 2. The first kappa shape index (κ1) is 26.8. The molecule has 5 heteroatoms. The summed E-state index contributed by atoms with van der Waals surface area (Å²) in [6.07, 6.45) is 6.56. The Balaban J connectivity index is 1.39. The van der Waals surface area contributed by atoms with Gasteiger partial charge in [-0.3, -0.25) is 4.79 Å². The third kappa shape index (κ3) is 5.98. The summed E-state index contributed by atoms with van der Waals surface area (Å²) in [4.78, 5) is 30.2. The van der Waals surface area contributed by atoms with Crippen molar-refractivity contribution in [1.82, 2.24) is 9.80 Å². The molecule has 4 rings (SSSR count). The molecule has 3 aliphatic rings. The van der Waals surface area contributed by atoms with Crippen LogP contribution < -0.4 is 0 Å². The van der Waals surface area contributed by atoms with Crippen LogP contribution in [0.25, 0.3) is 5.57 Å². The third-order valence-electron chi connectivity index (χ3n) is 8.15. The van der Waals surface area contributed by atoms with Gasteiger partial charge in [-0.2, -0.15) is 0 Å². The van der Waals surface area contributed by atoms with Crippen LogP contribution in [0.4, 0.5) is 4.79 Å². The molecule has 1 aromatic rings. The van der Waals surface area contributed by atoms with Gasteiger partial charge >= 0.3 is 6.09 Å². The van der Waals surface area contributed by atoms with E-state index in [1.54, 1.807) is 4.90 Å². The quantitative estimate of drug-likeness (QED) is 0.462. The molecule has 1 aromatic carbocycles. The summed E-state index contributed by atoms with van der Waals surface area (Å²) in [5, 5.41) is 0. The number of hydrogen-bond acceptors (Lipinski definition) is 3. The molecule has 0 N–H and O–H groups in total. The normalized spacial score (nSPS) is 24.0. The highest BCUT2D eigenvalue weighted by atomic mass is 16.6. The minimum Gasteiger partial charge on any atom is -0.444 e. The van der Waals surface area contributed by atoms with Crippen LogP contribution in [-0.2, 0) is 16.0 Å². The highest BCUT2D eigenvalue weighted by molar-refractivity contribution is 5.84. The maximum absolute atomic E-state index is 13.9. The van der Waals surface area contributed by atoms with Crippen LogP contribution in [0, 0.1) is 24.7 Å². The predicted octanol–water partition coefficient (Wildman–Crippen LogP) is 6.63. The molecule has 2 amide bonds. The van der Waals surface area contributed by atoms with Crippen molar-refractivity contribution in [2.24, 2.45) is 17.8 Å². The van der Waals surface area contributed by atoms with Crippen LogP contribution in [0.15, 0.2) is 23.8 Å². The van der Waals surface area contributed by atoms with E-state index >= 15 is 0 Å². The van der Waals surface area contributed by atoms with Gasteiger partial charge in [0, 0.05) is 26.1 Å². The molecular formula is C31H46N2O3. The number of amides is 2. The zero-order valence-corrected chi connectivity index (χ0v) is 23.5. The highest BCUT2D eigenvalue weighted by Crippen LogP contribution is 2.44. The first-order chi connectivity index (χ1) is 16.9. The first-order valence-electron chi connectivity index (χ1n) is 14.0. The number of fused-ring (bicyclic) bond motifs is 2. The van der Waals surface area contributed by atoms with Crippen LogP contribution in [0.2, 0.25) is 0 Å². The molecule has 0 radical (unpaired) electrons. The number of hydrogen-bond donors (Lipinski definition) is 0. The van der Waals surface area contributed by atoms with E-state index in [1.165, 1.54) is 27.8 Å². The molecule has 198 valence electrons. The molecule has 0 spiro atoms. The Kier molecular flexibility index (Phi) is 7.87. The zero-order chi connectivity index (χ0) is 26.2. The lowest BCUT2D eigenvalue weighted by molar-refractivity contribution is -0.139. The number of ether oxygens (including phenoxy) is 1. The largest absolute Gasteiger partial charge is 0.444 e. The van der Waals surface area contributed by atoms with Crippen molar-refractivity contribution in [3.05, 3.63) is 40.5 Å². The molecule has 1 saturated carbocycles. The Bertz CT molecular complexity index is 1010. The second-order valence-corrected chi connectivity index (χ2v) is 12.8. The van der Waals surface area contributed by atoms with E-state index in [0.29, 0.717) is 24.3 Å². The van der Waals surface area contributed by atoms with Gasteiger partial charge in [-0.05, 0) is 107 Å². The smallest absolute Gasteiger partial charge is 0.410 e. The molecule has 1 aliphatic heterocycles. The summed E-state index contributed by atoms with van der Waals surface area (Å²) in [6.45, 7) is 13.9. The van der Waals surface area contributed by atoms with E-state index in [-0.39, 0.29) is 18.1 Å². The third-order valence-corrected chi connectivity index (χ3v) is 8.15. The topological polar surface area (TPSA) is 49.9 Å². The lowest BCUT2D eigenvalue weighted by Crippen LogP contribution is -2.48. The van der Waals surface area contributed by atoms with Gasteiger partial charge in [0.05, 0.1) is 6.04 Å². The van der Waals surface area contributed by atoms with Gasteiger partial charge in [0.25, 0.3) is 0 Å². The zero-order valence-electron chi connectivity index (χ0n) is 23.5. The highest BCUT2D eigenvalue weighted by Gasteiger charge is 2.40. The van der Waals surface area contributed by atoms with Crippen molar-refractivity contribution in [1.29, 1.82) is 0 Å². The van der Waals surface area contributed by atoms with Gasteiger partial charge in [-0.15, -0.1) is 0 Å². The van der Waals surface area contributed by atoms with Gasteiger partial charge in [0.1, 0.15) is 5.60 Å². The molecule has 0 saturated heterocycles. The van der Waals surface area contributed by atoms with E-state index < -0.39 is 5.60 Å². The van der Waals surface area contributed by atoms with Gasteiger partial charge in [0.15, 0.2) is 0 Å². The molecule has 1 unspecified atom stereocenters. The molecule has 1 heterocycles. The maximum Gasteiger partial charge on any atom is 0.410 e. The van der Waals surface area contributed by atoms with Crippen LogP contribution >= 0.6 is 0 Å². The molecule has 36 heavy (non-hydrogen) atoms. The predicted molar refractivity (Wildman–Crippen MR) is 146 cm³/mol. The molecule has 0 aromatic heterocycles. The van der Waals surface area contributed by atoms with Crippen molar-refractivity contribution >= 4 is 17.6 Å². The molecule has 1 fully saturated rings. The number of rotatable bonds is 5. The molecule has 1 atom stereocenters. The molecule has 0 bridgehead atoms. The Morgan fingerprint density at radius 1 is 1.14 bits per heavy atom. The van der Waals surface area contributed by atoms with Gasteiger partial charge in [0.2, 0.25) is 5.91 Å². The van der Waals surface area contributed by atoms with Crippen LogP contribution in [-0.4, -0.2) is 53.6 Å². The average molecular weight is 495 g/mol. The second-order valence-electron chi connectivity index (χ2n) is 12.8. The number of aryl methyl sites for hydroxylation is 1. The van der Waals surface area contributed by atoms with Gasteiger partial charge < -0.3 is 14.5 Å². The summed E-state index contributed by atoms with van der Waals surface area (Å²) in [5.74, 6) is 1.44. The standard InChI is InChI=1S/C31H46N2O3/c1-20(2)16-28-27-18-24-17-21(3)8-13-25(24)26(27)14-15-33(28)29(34)23-11-9-22(10-12-23)19-32(7)30(35)36-31(4,5)6/h8,13,17,20,22-23,28H,9-12,14-16,18-19H2,1-7H3. The molecule has 5 nitrogen and oxygen atoms in total. The second kappa shape index (κ2) is 10.6. The van der Waals surface area contributed by atoms with Crippen molar-refractivity contribution in [3.63, 3.8) is 0 Å². The summed E-state index contributed by atoms with van der Waals surface area (Å²) in [7, 11) is 1.82. The summed E-state index contributed by atoms with van der Waals surface area (Å²) in [6, 6.07) is 7.08. The van der Waals surface area contributed by atoms with E-state index in [1.807, 2.05) is 27.8 Å². The molecule has 2 aliphatic carbocycles. The van der Waals surface area contributed by atoms with E-state index in [2.05, 4.69) is 43.9 Å². The summed E-state index contributed by atoms with van der Waals surface area (Å²) >= 11 is 0. The van der Waals surface area contributed by atoms with Crippen molar-refractivity contribution in [3.8, 4) is 0 Å².